The Labute approximate surface area is 124 Å². The van der Waals surface area contributed by atoms with Crippen LogP contribution in [0.3, 0.4) is 0 Å². The standard InChI is InChI=1S/C15H20N2O2S/c1-5-10-19-14-8-6-13(7-9-14)16-15(18)17(3)12(2)11-20-4/h1,6-9,12H,10-11H2,2-4H3,(H,16,18). The van der Waals surface area contributed by atoms with Crippen molar-refractivity contribution in [3.63, 3.8) is 0 Å². The van der Waals surface area contributed by atoms with Gasteiger partial charge in [-0.3, -0.25) is 0 Å². The Morgan fingerprint density at radius 1 is 1.50 bits per heavy atom. The topological polar surface area (TPSA) is 41.6 Å². The van der Waals surface area contributed by atoms with Crippen LogP contribution < -0.4 is 10.1 Å². The zero-order chi connectivity index (χ0) is 15.0. The molecule has 0 aliphatic carbocycles. The molecule has 20 heavy (non-hydrogen) atoms. The van der Waals surface area contributed by atoms with Gasteiger partial charge in [0.1, 0.15) is 12.4 Å². The number of hydrogen-bond acceptors (Lipinski definition) is 3. The van der Waals surface area contributed by atoms with E-state index in [1.54, 1.807) is 48.0 Å². The second kappa shape index (κ2) is 8.39. The highest BCUT2D eigenvalue weighted by Crippen LogP contribution is 2.16. The number of carbonyl (C=O) groups excluding carboxylic acids is 1. The fraction of sp³-hybridized carbons (Fsp3) is 0.400. The summed E-state index contributed by atoms with van der Waals surface area (Å²) < 4.78 is 5.27. The van der Waals surface area contributed by atoms with Crippen LogP contribution in [0.2, 0.25) is 0 Å². The first kappa shape index (κ1) is 16.3. The van der Waals surface area contributed by atoms with Gasteiger partial charge in [-0.2, -0.15) is 11.8 Å². The number of nitrogens with zero attached hydrogens (tertiary/aromatic N) is 1. The van der Waals surface area contributed by atoms with Crippen molar-refractivity contribution in [1.82, 2.24) is 4.90 Å². The van der Waals surface area contributed by atoms with Crippen LogP contribution in [-0.4, -0.2) is 42.6 Å². The largest absolute Gasteiger partial charge is 0.481 e. The van der Waals surface area contributed by atoms with Crippen molar-refractivity contribution in [3.8, 4) is 18.1 Å². The molecule has 1 aromatic carbocycles. The van der Waals surface area contributed by atoms with Gasteiger partial charge in [-0.1, -0.05) is 5.92 Å². The lowest BCUT2D eigenvalue weighted by molar-refractivity contribution is 0.212. The second-order valence-corrected chi connectivity index (χ2v) is 5.27. The van der Waals surface area contributed by atoms with Crippen molar-refractivity contribution >= 4 is 23.5 Å². The lowest BCUT2D eigenvalue weighted by Gasteiger charge is -2.24. The number of carbonyl (C=O) groups is 1. The van der Waals surface area contributed by atoms with E-state index < -0.39 is 0 Å². The maximum atomic E-state index is 12.0. The van der Waals surface area contributed by atoms with Gasteiger partial charge in [0.25, 0.3) is 0 Å². The molecule has 0 aromatic heterocycles. The molecule has 5 heteroatoms. The van der Waals surface area contributed by atoms with Crippen LogP contribution in [0.1, 0.15) is 6.92 Å². The quantitative estimate of drug-likeness (QED) is 0.820. The van der Waals surface area contributed by atoms with Crippen molar-refractivity contribution in [3.05, 3.63) is 24.3 Å². The van der Waals surface area contributed by atoms with E-state index in [1.165, 1.54) is 0 Å². The van der Waals surface area contributed by atoms with Crippen molar-refractivity contribution in [2.24, 2.45) is 0 Å². The molecule has 4 nitrogen and oxygen atoms in total. The first-order valence-corrected chi connectivity index (χ1v) is 7.67. The molecule has 1 aromatic rings. The highest BCUT2D eigenvalue weighted by molar-refractivity contribution is 7.98. The number of urea groups is 1. The molecule has 0 spiro atoms. The first-order chi connectivity index (χ1) is 9.58. The summed E-state index contributed by atoms with van der Waals surface area (Å²) in [6.45, 7) is 2.26. The summed E-state index contributed by atoms with van der Waals surface area (Å²) in [5.74, 6) is 3.99. The number of amides is 2. The maximum Gasteiger partial charge on any atom is 0.321 e. The SMILES string of the molecule is C#CCOc1ccc(NC(=O)N(C)C(C)CSC)cc1. The first-order valence-electron chi connectivity index (χ1n) is 6.27. The third kappa shape index (κ3) is 5.06. The third-order valence-corrected chi connectivity index (χ3v) is 3.63. The van der Waals surface area contributed by atoms with Gasteiger partial charge in [0, 0.05) is 24.5 Å². The van der Waals surface area contributed by atoms with Crippen molar-refractivity contribution in [2.45, 2.75) is 13.0 Å². The number of rotatable bonds is 6. The van der Waals surface area contributed by atoms with Crippen LogP contribution in [0.5, 0.6) is 5.75 Å². The monoisotopic (exact) mass is 292 g/mol. The molecule has 0 bridgehead atoms. The molecular weight excluding hydrogens is 272 g/mol. The predicted octanol–water partition coefficient (Wildman–Crippen LogP) is 2.91. The van der Waals surface area contributed by atoms with Gasteiger partial charge in [0.15, 0.2) is 0 Å². The van der Waals surface area contributed by atoms with E-state index in [1.807, 2.05) is 13.2 Å². The Hall–Kier alpha value is -1.80. The van der Waals surface area contributed by atoms with Crippen LogP contribution in [0.15, 0.2) is 24.3 Å². The highest BCUT2D eigenvalue weighted by atomic mass is 32.2. The molecule has 1 atom stereocenters. The molecule has 0 aliphatic rings. The van der Waals surface area contributed by atoms with E-state index in [0.29, 0.717) is 5.75 Å². The summed E-state index contributed by atoms with van der Waals surface area (Å²) in [4.78, 5) is 13.7. The van der Waals surface area contributed by atoms with E-state index >= 15 is 0 Å². The predicted molar refractivity (Wildman–Crippen MR) is 85.4 cm³/mol. The van der Waals surface area contributed by atoms with Gasteiger partial charge in [-0.05, 0) is 37.4 Å². The molecule has 0 saturated heterocycles. The van der Waals surface area contributed by atoms with Gasteiger partial charge in [-0.15, -0.1) is 6.42 Å². The summed E-state index contributed by atoms with van der Waals surface area (Å²) in [5.41, 5.74) is 0.728. The van der Waals surface area contributed by atoms with Crippen molar-refractivity contribution in [1.29, 1.82) is 0 Å². The smallest absolute Gasteiger partial charge is 0.321 e. The molecule has 0 radical (unpaired) electrons. The normalized spacial score (nSPS) is 11.3. The fourth-order valence-corrected chi connectivity index (χ4v) is 2.23. The molecule has 2 amide bonds. The number of anilines is 1. The van der Waals surface area contributed by atoms with Gasteiger partial charge in [0.2, 0.25) is 0 Å². The Balaban J connectivity index is 2.55. The Kier molecular flexibility index (Phi) is 6.82. The number of ether oxygens (including phenoxy) is 1. The Bertz CT molecular complexity index is 468. The lowest BCUT2D eigenvalue weighted by Crippen LogP contribution is -2.39. The molecular formula is C15H20N2O2S. The Morgan fingerprint density at radius 3 is 2.70 bits per heavy atom. The van der Waals surface area contributed by atoms with Crippen LogP contribution >= 0.6 is 11.8 Å². The van der Waals surface area contributed by atoms with Crippen LogP contribution in [-0.2, 0) is 0 Å². The average Bonchev–Trinajstić information content (AvgIpc) is 2.46. The minimum atomic E-state index is -0.121. The van der Waals surface area contributed by atoms with Crippen molar-refractivity contribution in [2.75, 3.05) is 31.0 Å². The summed E-state index contributed by atoms with van der Waals surface area (Å²) in [5, 5.41) is 2.85. The molecule has 0 saturated carbocycles. The van der Waals surface area contributed by atoms with Gasteiger partial charge < -0.3 is 15.0 Å². The Morgan fingerprint density at radius 2 is 2.15 bits per heavy atom. The molecule has 0 heterocycles. The molecule has 0 fully saturated rings. The fourth-order valence-electron chi connectivity index (χ4n) is 1.52. The summed E-state index contributed by atoms with van der Waals surface area (Å²) in [6.07, 6.45) is 7.14. The molecule has 0 aliphatic heterocycles. The number of terminal acetylenes is 1. The number of benzene rings is 1. The van der Waals surface area contributed by atoms with E-state index in [-0.39, 0.29) is 18.7 Å². The van der Waals surface area contributed by atoms with Gasteiger partial charge in [0.05, 0.1) is 0 Å². The minimum absolute atomic E-state index is 0.121. The van der Waals surface area contributed by atoms with Crippen LogP contribution in [0.25, 0.3) is 0 Å². The van der Waals surface area contributed by atoms with Gasteiger partial charge in [-0.25, -0.2) is 4.79 Å². The molecule has 1 N–H and O–H groups in total. The average molecular weight is 292 g/mol. The molecule has 1 unspecified atom stereocenters. The van der Waals surface area contributed by atoms with E-state index in [9.17, 15) is 4.79 Å². The zero-order valence-corrected chi connectivity index (χ0v) is 12.9. The van der Waals surface area contributed by atoms with Crippen molar-refractivity contribution < 1.29 is 9.53 Å². The van der Waals surface area contributed by atoms with Crippen LogP contribution in [0, 0.1) is 12.3 Å². The lowest BCUT2D eigenvalue weighted by atomic mass is 10.3. The van der Waals surface area contributed by atoms with E-state index in [4.69, 9.17) is 11.2 Å². The molecule has 108 valence electrons. The summed E-state index contributed by atoms with van der Waals surface area (Å²) >= 11 is 1.72. The van der Waals surface area contributed by atoms with Gasteiger partial charge >= 0.3 is 6.03 Å². The maximum absolute atomic E-state index is 12.0. The second-order valence-electron chi connectivity index (χ2n) is 4.36. The van der Waals surface area contributed by atoms with Crippen LogP contribution in [0.4, 0.5) is 10.5 Å². The van der Waals surface area contributed by atoms with E-state index in [2.05, 4.69) is 11.2 Å². The third-order valence-electron chi connectivity index (χ3n) is 2.82. The minimum Gasteiger partial charge on any atom is -0.481 e. The zero-order valence-electron chi connectivity index (χ0n) is 12.1. The highest BCUT2D eigenvalue weighted by Gasteiger charge is 2.15. The molecule has 1 rings (SSSR count). The number of nitrogens with one attached hydrogen (secondary N) is 1. The van der Waals surface area contributed by atoms with E-state index in [0.717, 1.165) is 11.4 Å². The summed E-state index contributed by atoms with van der Waals surface area (Å²) in [6, 6.07) is 7.19. The summed E-state index contributed by atoms with van der Waals surface area (Å²) in [7, 11) is 1.79. The number of hydrogen-bond donors (Lipinski definition) is 1. The number of thioether (sulfide) groups is 1.